The maximum Gasteiger partial charge on any atom is 0.417 e. The van der Waals surface area contributed by atoms with Crippen LogP contribution in [-0.2, 0) is 27.5 Å². The van der Waals surface area contributed by atoms with Crippen LogP contribution in [0.15, 0.2) is 60.7 Å². The molecule has 1 N–H and O–H groups in total. The van der Waals surface area contributed by atoms with E-state index >= 15 is 0 Å². The molecule has 0 spiro atoms. The molecular formula is C22H20ClF3N2O3S. The summed E-state index contributed by atoms with van der Waals surface area (Å²) < 4.78 is 65.2. The molecule has 1 unspecified atom stereocenters. The summed E-state index contributed by atoms with van der Waals surface area (Å²) in [7, 11) is -4.09. The molecule has 1 amide bonds. The number of carbonyl (C=O) groups excluding carboxylic acids is 1. The zero-order valence-electron chi connectivity index (χ0n) is 17.2. The van der Waals surface area contributed by atoms with Gasteiger partial charge in [-0.15, -0.1) is 0 Å². The van der Waals surface area contributed by atoms with Crippen molar-refractivity contribution < 1.29 is 26.4 Å². The Kier molecular flexibility index (Phi) is 6.71. The molecule has 10 heteroatoms. The van der Waals surface area contributed by atoms with E-state index in [4.69, 9.17) is 11.6 Å². The highest BCUT2D eigenvalue weighted by atomic mass is 35.5. The van der Waals surface area contributed by atoms with Gasteiger partial charge >= 0.3 is 6.18 Å². The SMILES string of the molecule is CC(C(=O)NCc1cccc2ccccc12)N(c1ccc(Cl)c(C(F)(F)F)c1)S(C)(=O)=O. The van der Waals surface area contributed by atoms with Crippen molar-refractivity contribution in [2.24, 2.45) is 0 Å². The van der Waals surface area contributed by atoms with E-state index < -0.39 is 38.7 Å². The van der Waals surface area contributed by atoms with E-state index in [0.717, 1.165) is 34.7 Å². The Balaban J connectivity index is 1.88. The number of carbonyl (C=O) groups is 1. The number of rotatable bonds is 6. The molecule has 3 aromatic carbocycles. The predicted molar refractivity (Wildman–Crippen MR) is 119 cm³/mol. The van der Waals surface area contributed by atoms with Crippen LogP contribution in [-0.4, -0.2) is 26.6 Å². The molecule has 0 aliphatic carbocycles. The fourth-order valence-corrected chi connectivity index (χ4v) is 4.84. The Morgan fingerprint density at radius 1 is 1.09 bits per heavy atom. The normalized spacial score (nSPS) is 13.1. The molecular weight excluding hydrogens is 465 g/mol. The van der Waals surface area contributed by atoms with Gasteiger partial charge in [-0.05, 0) is 41.5 Å². The fourth-order valence-electron chi connectivity index (χ4n) is 3.45. The second-order valence-corrected chi connectivity index (χ2v) is 9.52. The molecule has 0 fully saturated rings. The summed E-state index contributed by atoms with van der Waals surface area (Å²) in [5, 5.41) is 4.01. The number of fused-ring (bicyclic) bond motifs is 1. The van der Waals surface area contributed by atoms with Crippen molar-refractivity contribution in [3.05, 3.63) is 76.8 Å². The highest BCUT2D eigenvalue weighted by molar-refractivity contribution is 7.92. The first-order chi connectivity index (χ1) is 14.9. The Morgan fingerprint density at radius 2 is 1.75 bits per heavy atom. The number of benzene rings is 3. The van der Waals surface area contributed by atoms with Crippen molar-refractivity contribution >= 4 is 44.0 Å². The molecule has 1 atom stereocenters. The Hall–Kier alpha value is -2.78. The Labute approximate surface area is 188 Å². The van der Waals surface area contributed by atoms with Crippen molar-refractivity contribution in [3.63, 3.8) is 0 Å². The standard InChI is InChI=1S/C22H20ClF3N2O3S/c1-14(21(29)27-13-16-8-5-7-15-6-3-4-9-18(15)16)28(32(2,30)31)17-10-11-20(23)19(12-17)22(24,25)26/h3-12,14H,13H2,1-2H3,(H,27,29). The van der Waals surface area contributed by atoms with Crippen LogP contribution in [0.1, 0.15) is 18.1 Å². The van der Waals surface area contributed by atoms with Gasteiger partial charge in [-0.25, -0.2) is 8.42 Å². The minimum absolute atomic E-state index is 0.122. The third kappa shape index (κ3) is 5.16. The van der Waals surface area contributed by atoms with E-state index in [-0.39, 0.29) is 12.2 Å². The topological polar surface area (TPSA) is 66.5 Å². The molecule has 3 rings (SSSR count). The number of hydrogen-bond donors (Lipinski definition) is 1. The highest BCUT2D eigenvalue weighted by Crippen LogP contribution is 2.37. The van der Waals surface area contributed by atoms with Crippen LogP contribution >= 0.6 is 11.6 Å². The summed E-state index contributed by atoms with van der Waals surface area (Å²) in [5.74, 6) is -0.660. The van der Waals surface area contributed by atoms with E-state index in [1.807, 2.05) is 42.5 Å². The van der Waals surface area contributed by atoms with Crippen molar-refractivity contribution in [1.82, 2.24) is 5.32 Å². The van der Waals surface area contributed by atoms with E-state index in [9.17, 15) is 26.4 Å². The number of nitrogens with one attached hydrogen (secondary N) is 1. The van der Waals surface area contributed by atoms with Crippen LogP contribution in [0.3, 0.4) is 0 Å². The van der Waals surface area contributed by atoms with Crippen LogP contribution in [0.4, 0.5) is 18.9 Å². The van der Waals surface area contributed by atoms with E-state index in [1.165, 1.54) is 6.92 Å². The fraction of sp³-hybridized carbons (Fsp3) is 0.227. The molecule has 3 aromatic rings. The van der Waals surface area contributed by atoms with Gasteiger partial charge in [0, 0.05) is 6.54 Å². The number of anilines is 1. The molecule has 0 radical (unpaired) electrons. The van der Waals surface area contributed by atoms with Crippen molar-refractivity contribution in [2.45, 2.75) is 25.7 Å². The number of sulfonamides is 1. The lowest BCUT2D eigenvalue weighted by atomic mass is 10.0. The van der Waals surface area contributed by atoms with Crippen LogP contribution < -0.4 is 9.62 Å². The van der Waals surface area contributed by atoms with Crippen LogP contribution in [0.25, 0.3) is 10.8 Å². The van der Waals surface area contributed by atoms with Crippen LogP contribution in [0.5, 0.6) is 0 Å². The molecule has 0 aliphatic heterocycles. The molecule has 0 aliphatic rings. The third-order valence-corrected chi connectivity index (χ3v) is 6.50. The summed E-state index contributed by atoms with van der Waals surface area (Å²) in [5.41, 5.74) is -0.675. The summed E-state index contributed by atoms with van der Waals surface area (Å²) in [6.07, 6.45) is -3.96. The summed E-state index contributed by atoms with van der Waals surface area (Å²) in [4.78, 5) is 12.8. The lowest BCUT2D eigenvalue weighted by Crippen LogP contribution is -2.47. The van der Waals surface area contributed by atoms with Gasteiger partial charge in [0.25, 0.3) is 0 Å². The molecule has 5 nitrogen and oxygen atoms in total. The van der Waals surface area contributed by atoms with E-state index in [1.54, 1.807) is 0 Å². The lowest BCUT2D eigenvalue weighted by Gasteiger charge is -2.29. The van der Waals surface area contributed by atoms with Gasteiger partial charge in [-0.3, -0.25) is 9.10 Å². The Morgan fingerprint density at radius 3 is 2.41 bits per heavy atom. The van der Waals surface area contributed by atoms with Crippen molar-refractivity contribution in [3.8, 4) is 0 Å². The molecule has 0 aromatic heterocycles. The van der Waals surface area contributed by atoms with Gasteiger partial charge < -0.3 is 5.32 Å². The van der Waals surface area contributed by atoms with Gasteiger partial charge in [0.2, 0.25) is 15.9 Å². The number of hydrogen-bond acceptors (Lipinski definition) is 3. The predicted octanol–water partition coefficient (Wildman–Crippen LogP) is 4.98. The lowest BCUT2D eigenvalue weighted by molar-refractivity contribution is -0.137. The minimum atomic E-state index is -4.78. The van der Waals surface area contributed by atoms with Gasteiger partial charge in [-0.2, -0.15) is 13.2 Å². The quantitative estimate of drug-likeness (QED) is 0.536. The van der Waals surface area contributed by atoms with E-state index in [0.29, 0.717) is 10.4 Å². The van der Waals surface area contributed by atoms with Gasteiger partial charge in [-0.1, -0.05) is 54.1 Å². The maximum atomic E-state index is 13.3. The smallest absolute Gasteiger partial charge is 0.350 e. The number of alkyl halides is 3. The van der Waals surface area contributed by atoms with Crippen LogP contribution in [0, 0.1) is 0 Å². The molecule has 0 saturated carbocycles. The second kappa shape index (κ2) is 8.99. The first-order valence-electron chi connectivity index (χ1n) is 9.50. The van der Waals surface area contributed by atoms with Gasteiger partial charge in [0.1, 0.15) is 6.04 Å². The molecule has 0 bridgehead atoms. The Bertz CT molecular complexity index is 1260. The zero-order chi connectivity index (χ0) is 23.7. The van der Waals surface area contributed by atoms with Crippen LogP contribution in [0.2, 0.25) is 5.02 Å². The molecule has 32 heavy (non-hydrogen) atoms. The van der Waals surface area contributed by atoms with Crippen molar-refractivity contribution in [2.75, 3.05) is 10.6 Å². The minimum Gasteiger partial charge on any atom is -0.350 e. The van der Waals surface area contributed by atoms with Gasteiger partial charge in [0.15, 0.2) is 0 Å². The highest BCUT2D eigenvalue weighted by Gasteiger charge is 2.36. The maximum absolute atomic E-state index is 13.3. The zero-order valence-corrected chi connectivity index (χ0v) is 18.7. The van der Waals surface area contributed by atoms with Gasteiger partial charge in [0.05, 0.1) is 22.5 Å². The number of halogens is 4. The second-order valence-electron chi connectivity index (χ2n) is 7.25. The summed E-state index contributed by atoms with van der Waals surface area (Å²) >= 11 is 5.64. The molecule has 0 saturated heterocycles. The molecule has 0 heterocycles. The first-order valence-corrected chi connectivity index (χ1v) is 11.7. The largest absolute Gasteiger partial charge is 0.417 e. The number of amides is 1. The average molecular weight is 485 g/mol. The monoisotopic (exact) mass is 484 g/mol. The van der Waals surface area contributed by atoms with E-state index in [2.05, 4.69) is 5.32 Å². The third-order valence-electron chi connectivity index (χ3n) is 4.93. The summed E-state index contributed by atoms with van der Waals surface area (Å²) in [6, 6.07) is 14.6. The summed E-state index contributed by atoms with van der Waals surface area (Å²) in [6.45, 7) is 1.43. The first kappa shape index (κ1) is 23.9. The average Bonchev–Trinajstić information content (AvgIpc) is 2.71. The number of nitrogens with zero attached hydrogens (tertiary/aromatic N) is 1. The van der Waals surface area contributed by atoms with Crippen molar-refractivity contribution in [1.29, 1.82) is 0 Å². The molecule has 170 valence electrons.